The molecule has 6 nitrogen and oxygen atoms in total. The van der Waals surface area contributed by atoms with E-state index in [9.17, 15) is 18.0 Å². The van der Waals surface area contributed by atoms with E-state index in [1.807, 2.05) is 35.2 Å². The van der Waals surface area contributed by atoms with Gasteiger partial charge in [-0.2, -0.15) is 13.2 Å². The number of rotatable bonds is 3. The van der Waals surface area contributed by atoms with Crippen LogP contribution in [-0.4, -0.2) is 51.8 Å². The number of benzene rings is 2. The largest absolute Gasteiger partial charge is 0.416 e. The van der Waals surface area contributed by atoms with Crippen LogP contribution in [0.15, 0.2) is 60.9 Å². The van der Waals surface area contributed by atoms with E-state index < -0.39 is 11.7 Å². The van der Waals surface area contributed by atoms with Crippen molar-refractivity contribution < 1.29 is 18.0 Å². The normalized spacial score (nSPS) is 14.9. The molecule has 0 aliphatic carbocycles. The lowest BCUT2D eigenvalue weighted by Crippen LogP contribution is -2.49. The lowest BCUT2D eigenvalue weighted by Gasteiger charge is -2.35. The average molecular weight is 401 g/mol. The van der Waals surface area contributed by atoms with E-state index in [-0.39, 0.29) is 11.7 Å². The molecule has 0 saturated carbocycles. The molecule has 1 saturated heterocycles. The number of amides is 1. The number of hydrogen-bond acceptors (Lipinski definition) is 4. The number of carbonyl (C=O) groups is 1. The van der Waals surface area contributed by atoms with E-state index in [0.29, 0.717) is 31.9 Å². The van der Waals surface area contributed by atoms with Crippen LogP contribution in [0, 0.1) is 0 Å². The Morgan fingerprint density at radius 3 is 2.28 bits per heavy atom. The number of carbonyl (C=O) groups excluding carboxylic acids is 1. The molecule has 4 rings (SSSR count). The molecule has 29 heavy (non-hydrogen) atoms. The molecular weight excluding hydrogens is 383 g/mol. The van der Waals surface area contributed by atoms with Gasteiger partial charge in [0.25, 0.3) is 5.91 Å². The highest BCUT2D eigenvalue weighted by molar-refractivity contribution is 5.90. The summed E-state index contributed by atoms with van der Waals surface area (Å²) in [5, 5.41) is 4.25. The molecule has 150 valence electrons. The maximum Gasteiger partial charge on any atom is 0.416 e. The summed E-state index contributed by atoms with van der Waals surface area (Å²) in [7, 11) is 0. The lowest BCUT2D eigenvalue weighted by atomic mass is 10.1. The second kappa shape index (κ2) is 7.57. The van der Waals surface area contributed by atoms with Crippen LogP contribution < -0.4 is 4.90 Å². The number of piperazine rings is 1. The van der Waals surface area contributed by atoms with Crippen LogP contribution >= 0.6 is 0 Å². The molecule has 1 fully saturated rings. The third kappa shape index (κ3) is 4.08. The fraction of sp³-hybridized carbons (Fsp3) is 0.250. The highest BCUT2D eigenvalue weighted by Crippen LogP contribution is 2.31. The van der Waals surface area contributed by atoms with Crippen LogP contribution in [0.1, 0.15) is 16.2 Å². The maximum absolute atomic E-state index is 12.9. The standard InChI is InChI=1S/C20H18F3N5O/c21-20(22,23)15-5-4-8-17(13-15)26-9-11-27(12-10-26)19(29)18-24-14-28(25-18)16-6-2-1-3-7-16/h1-8,13-14H,9-12H2. The minimum Gasteiger partial charge on any atom is -0.368 e. The van der Waals surface area contributed by atoms with E-state index in [1.165, 1.54) is 17.1 Å². The van der Waals surface area contributed by atoms with Crippen molar-refractivity contribution in [3.8, 4) is 5.69 Å². The Balaban J connectivity index is 1.41. The zero-order valence-electron chi connectivity index (χ0n) is 15.4. The molecule has 0 atom stereocenters. The molecule has 2 heterocycles. The highest BCUT2D eigenvalue weighted by Gasteiger charge is 2.31. The van der Waals surface area contributed by atoms with Crippen molar-refractivity contribution in [2.75, 3.05) is 31.1 Å². The summed E-state index contributed by atoms with van der Waals surface area (Å²) < 4.78 is 40.3. The number of hydrogen-bond donors (Lipinski definition) is 0. The summed E-state index contributed by atoms with van der Waals surface area (Å²) in [6.07, 6.45) is -2.89. The summed E-state index contributed by atoms with van der Waals surface area (Å²) in [5.41, 5.74) is 0.621. The predicted molar refractivity (Wildman–Crippen MR) is 101 cm³/mol. The molecule has 1 amide bonds. The highest BCUT2D eigenvalue weighted by atomic mass is 19.4. The summed E-state index contributed by atoms with van der Waals surface area (Å²) >= 11 is 0. The third-order valence-corrected chi connectivity index (χ3v) is 4.81. The van der Waals surface area contributed by atoms with Gasteiger partial charge in [-0.3, -0.25) is 4.79 Å². The van der Waals surface area contributed by atoms with Crippen molar-refractivity contribution in [2.45, 2.75) is 6.18 Å². The molecule has 3 aromatic rings. The van der Waals surface area contributed by atoms with Gasteiger partial charge in [-0.15, -0.1) is 5.10 Å². The molecule has 1 aliphatic rings. The monoisotopic (exact) mass is 401 g/mol. The zero-order valence-corrected chi connectivity index (χ0v) is 15.4. The van der Waals surface area contributed by atoms with Gasteiger partial charge in [-0.25, -0.2) is 9.67 Å². The number of para-hydroxylation sites is 1. The molecule has 0 spiro atoms. The van der Waals surface area contributed by atoms with Gasteiger partial charge in [0.05, 0.1) is 11.3 Å². The van der Waals surface area contributed by atoms with E-state index in [1.54, 1.807) is 11.0 Å². The molecule has 9 heteroatoms. The average Bonchev–Trinajstić information content (AvgIpc) is 3.24. The lowest BCUT2D eigenvalue weighted by molar-refractivity contribution is -0.137. The van der Waals surface area contributed by atoms with E-state index in [4.69, 9.17) is 0 Å². The van der Waals surface area contributed by atoms with Gasteiger partial charge in [0.2, 0.25) is 5.82 Å². The number of alkyl halides is 3. The van der Waals surface area contributed by atoms with Crippen LogP contribution in [0.2, 0.25) is 0 Å². The van der Waals surface area contributed by atoms with Crippen LogP contribution in [0.4, 0.5) is 18.9 Å². The van der Waals surface area contributed by atoms with Crippen LogP contribution in [0.3, 0.4) is 0 Å². The number of halogens is 3. The molecule has 2 aromatic carbocycles. The van der Waals surface area contributed by atoms with Gasteiger partial charge in [-0.05, 0) is 30.3 Å². The SMILES string of the molecule is O=C(c1ncn(-c2ccccc2)n1)N1CCN(c2cccc(C(F)(F)F)c2)CC1. The first-order valence-corrected chi connectivity index (χ1v) is 9.10. The van der Waals surface area contributed by atoms with Crippen molar-refractivity contribution in [1.29, 1.82) is 0 Å². The minimum absolute atomic E-state index is 0.0985. The van der Waals surface area contributed by atoms with Gasteiger partial charge in [0.1, 0.15) is 6.33 Å². The molecule has 0 bridgehead atoms. The quantitative estimate of drug-likeness (QED) is 0.676. The van der Waals surface area contributed by atoms with Crippen molar-refractivity contribution in [3.05, 3.63) is 72.3 Å². The number of aromatic nitrogens is 3. The van der Waals surface area contributed by atoms with Gasteiger partial charge < -0.3 is 9.80 Å². The third-order valence-electron chi connectivity index (χ3n) is 4.81. The van der Waals surface area contributed by atoms with Crippen molar-refractivity contribution in [1.82, 2.24) is 19.7 Å². The second-order valence-corrected chi connectivity index (χ2v) is 6.68. The first kappa shape index (κ1) is 19.0. The fourth-order valence-corrected chi connectivity index (χ4v) is 3.25. The summed E-state index contributed by atoms with van der Waals surface area (Å²) in [6.45, 7) is 1.64. The smallest absolute Gasteiger partial charge is 0.368 e. The second-order valence-electron chi connectivity index (χ2n) is 6.68. The maximum atomic E-state index is 12.9. The molecule has 0 N–H and O–H groups in total. The Morgan fingerprint density at radius 1 is 0.897 bits per heavy atom. The predicted octanol–water partition coefficient (Wildman–Crippen LogP) is 3.25. The van der Waals surface area contributed by atoms with E-state index >= 15 is 0 Å². The summed E-state index contributed by atoms with van der Waals surface area (Å²) in [6, 6.07) is 14.6. The van der Waals surface area contributed by atoms with Gasteiger partial charge >= 0.3 is 6.18 Å². The minimum atomic E-state index is -4.38. The Labute approximate surface area is 165 Å². The van der Waals surface area contributed by atoms with E-state index in [0.717, 1.165) is 17.8 Å². The Hall–Kier alpha value is -3.36. The van der Waals surface area contributed by atoms with Crippen LogP contribution in [0.5, 0.6) is 0 Å². The summed E-state index contributed by atoms with van der Waals surface area (Å²) in [5.74, 6) is -0.190. The zero-order chi connectivity index (χ0) is 20.4. The van der Waals surface area contributed by atoms with Crippen molar-refractivity contribution in [2.24, 2.45) is 0 Å². The summed E-state index contributed by atoms with van der Waals surface area (Å²) in [4.78, 5) is 20.3. The topological polar surface area (TPSA) is 54.3 Å². The first-order chi connectivity index (χ1) is 13.9. The Kier molecular flexibility index (Phi) is 4.96. The molecule has 0 unspecified atom stereocenters. The Morgan fingerprint density at radius 2 is 1.59 bits per heavy atom. The number of anilines is 1. The van der Waals surface area contributed by atoms with Crippen molar-refractivity contribution in [3.63, 3.8) is 0 Å². The van der Waals surface area contributed by atoms with Crippen molar-refractivity contribution >= 4 is 11.6 Å². The van der Waals surface area contributed by atoms with Gasteiger partial charge in [0, 0.05) is 31.9 Å². The molecular formula is C20H18F3N5O. The van der Waals surface area contributed by atoms with Crippen LogP contribution in [0.25, 0.3) is 5.69 Å². The number of nitrogens with zero attached hydrogens (tertiary/aromatic N) is 5. The molecule has 0 radical (unpaired) electrons. The fourth-order valence-electron chi connectivity index (χ4n) is 3.25. The molecule has 1 aliphatic heterocycles. The van der Waals surface area contributed by atoms with Crippen LogP contribution in [-0.2, 0) is 6.18 Å². The first-order valence-electron chi connectivity index (χ1n) is 9.10. The molecule has 1 aromatic heterocycles. The van der Waals surface area contributed by atoms with Gasteiger partial charge in [-0.1, -0.05) is 24.3 Å². The van der Waals surface area contributed by atoms with E-state index in [2.05, 4.69) is 10.1 Å². The Bertz CT molecular complexity index is 995. The van der Waals surface area contributed by atoms with Gasteiger partial charge in [0.15, 0.2) is 0 Å².